The summed E-state index contributed by atoms with van der Waals surface area (Å²) in [5, 5.41) is 25.7. The van der Waals surface area contributed by atoms with Gasteiger partial charge in [0.1, 0.15) is 0 Å². The van der Waals surface area contributed by atoms with E-state index in [2.05, 4.69) is 25.9 Å². The molecule has 0 spiro atoms. The first-order chi connectivity index (χ1) is 9.56. The van der Waals surface area contributed by atoms with E-state index in [1.54, 1.807) is 31.2 Å². The van der Waals surface area contributed by atoms with E-state index < -0.39 is 6.10 Å². The summed E-state index contributed by atoms with van der Waals surface area (Å²) >= 11 is 0. The maximum absolute atomic E-state index is 12.1. The first-order valence-corrected chi connectivity index (χ1v) is 6.39. The Kier molecular flexibility index (Phi) is 4.41. The number of hydrogen-bond acceptors (Lipinski definition) is 5. The van der Waals surface area contributed by atoms with Crippen LogP contribution in [0.5, 0.6) is 0 Å². The molecule has 0 bridgehead atoms. The minimum Gasteiger partial charge on any atom is -0.393 e. The predicted molar refractivity (Wildman–Crippen MR) is 72.8 cm³/mol. The number of nitrogens with zero attached hydrogens (tertiary/aromatic N) is 3. The van der Waals surface area contributed by atoms with Crippen LogP contribution in [0.3, 0.4) is 0 Å². The highest BCUT2D eigenvalue weighted by Gasteiger charge is 2.13. The molecule has 0 aliphatic carbocycles. The van der Waals surface area contributed by atoms with Gasteiger partial charge in [-0.15, -0.1) is 10.2 Å². The van der Waals surface area contributed by atoms with E-state index >= 15 is 0 Å². The summed E-state index contributed by atoms with van der Waals surface area (Å²) in [5.74, 6) is 0.250. The first kappa shape index (κ1) is 14.1. The van der Waals surface area contributed by atoms with E-state index in [9.17, 15) is 9.90 Å². The number of aromatic amines is 1. The second-order valence-electron chi connectivity index (χ2n) is 4.78. The van der Waals surface area contributed by atoms with Crippen molar-refractivity contribution in [3.63, 3.8) is 0 Å². The normalized spacial score (nSPS) is 13.8. The molecule has 1 amide bonds. The fourth-order valence-electron chi connectivity index (χ4n) is 1.96. The van der Waals surface area contributed by atoms with Crippen LogP contribution in [-0.4, -0.2) is 43.8 Å². The number of rotatable bonds is 5. The van der Waals surface area contributed by atoms with Crippen molar-refractivity contribution in [2.75, 3.05) is 0 Å². The fraction of sp³-hybridized carbons (Fsp3) is 0.385. The molecule has 2 rings (SSSR count). The molecule has 1 aromatic heterocycles. The molecule has 7 heteroatoms. The van der Waals surface area contributed by atoms with Crippen molar-refractivity contribution in [1.82, 2.24) is 25.9 Å². The molecular weight excluding hydrogens is 258 g/mol. The molecule has 1 heterocycles. The number of aliphatic hydroxyl groups is 1. The molecule has 2 aromatic rings. The summed E-state index contributed by atoms with van der Waals surface area (Å²) in [4.78, 5) is 12.1. The Labute approximate surface area is 116 Å². The van der Waals surface area contributed by atoms with Crippen LogP contribution in [0.25, 0.3) is 11.4 Å². The number of carbonyl (C=O) groups is 1. The van der Waals surface area contributed by atoms with Crippen molar-refractivity contribution >= 4 is 5.91 Å². The third-order valence-electron chi connectivity index (χ3n) is 2.80. The van der Waals surface area contributed by atoms with Gasteiger partial charge in [-0.25, -0.2) is 0 Å². The lowest BCUT2D eigenvalue weighted by Crippen LogP contribution is -2.34. The first-order valence-electron chi connectivity index (χ1n) is 6.39. The van der Waals surface area contributed by atoms with E-state index in [1.807, 2.05) is 6.92 Å². The number of nitrogens with one attached hydrogen (secondary N) is 2. The number of aliphatic hydroxyl groups excluding tert-OH is 1. The van der Waals surface area contributed by atoms with Crippen LogP contribution in [-0.2, 0) is 0 Å². The van der Waals surface area contributed by atoms with Gasteiger partial charge in [-0.1, -0.05) is 12.1 Å². The van der Waals surface area contributed by atoms with E-state index in [0.29, 0.717) is 17.8 Å². The Bertz CT molecular complexity index is 568. The van der Waals surface area contributed by atoms with Crippen molar-refractivity contribution < 1.29 is 9.90 Å². The van der Waals surface area contributed by atoms with Gasteiger partial charge in [0, 0.05) is 17.2 Å². The second-order valence-corrected chi connectivity index (χ2v) is 4.78. The molecule has 0 saturated heterocycles. The molecule has 2 atom stereocenters. The van der Waals surface area contributed by atoms with Gasteiger partial charge < -0.3 is 10.4 Å². The summed E-state index contributed by atoms with van der Waals surface area (Å²) in [5.41, 5.74) is 1.24. The quantitative estimate of drug-likeness (QED) is 0.747. The average Bonchev–Trinajstić information content (AvgIpc) is 2.91. The van der Waals surface area contributed by atoms with Crippen LogP contribution >= 0.6 is 0 Å². The largest absolute Gasteiger partial charge is 0.393 e. The monoisotopic (exact) mass is 275 g/mol. The van der Waals surface area contributed by atoms with Gasteiger partial charge in [0.05, 0.1) is 6.10 Å². The molecule has 3 N–H and O–H groups in total. The molecule has 0 aliphatic rings. The summed E-state index contributed by atoms with van der Waals surface area (Å²) in [6, 6.07) is 6.89. The van der Waals surface area contributed by atoms with Gasteiger partial charge in [-0.2, -0.15) is 5.21 Å². The van der Waals surface area contributed by atoms with Crippen molar-refractivity contribution in [2.45, 2.75) is 32.4 Å². The standard InChI is InChI=1S/C13H17N5O2/c1-8(6-9(2)19)14-13(20)11-5-3-4-10(7-11)12-15-17-18-16-12/h3-5,7-9,19H,6H2,1-2H3,(H,14,20)(H,15,16,17,18). The van der Waals surface area contributed by atoms with Gasteiger partial charge in [0.15, 0.2) is 0 Å². The van der Waals surface area contributed by atoms with Crippen LogP contribution in [0.4, 0.5) is 0 Å². The second kappa shape index (κ2) is 6.25. The van der Waals surface area contributed by atoms with Crippen molar-refractivity contribution in [2.24, 2.45) is 0 Å². The third-order valence-corrected chi connectivity index (χ3v) is 2.80. The summed E-state index contributed by atoms with van der Waals surface area (Å²) in [6.07, 6.45) is 0.0620. The maximum Gasteiger partial charge on any atom is 0.251 e. The Hall–Kier alpha value is -2.28. The van der Waals surface area contributed by atoms with Crippen LogP contribution in [0.1, 0.15) is 30.6 Å². The minimum absolute atomic E-state index is 0.101. The third kappa shape index (κ3) is 3.61. The maximum atomic E-state index is 12.1. The number of aromatic nitrogens is 4. The lowest BCUT2D eigenvalue weighted by molar-refractivity contribution is 0.0923. The molecule has 7 nitrogen and oxygen atoms in total. The highest BCUT2D eigenvalue weighted by molar-refractivity contribution is 5.95. The van der Waals surface area contributed by atoms with Crippen molar-refractivity contribution in [3.8, 4) is 11.4 Å². The molecule has 0 aliphatic heterocycles. The van der Waals surface area contributed by atoms with Crippen molar-refractivity contribution in [3.05, 3.63) is 29.8 Å². The van der Waals surface area contributed by atoms with Crippen LogP contribution in [0, 0.1) is 0 Å². The summed E-state index contributed by atoms with van der Waals surface area (Å²) < 4.78 is 0. The highest BCUT2D eigenvalue weighted by Crippen LogP contribution is 2.15. The van der Waals surface area contributed by atoms with Gasteiger partial charge in [-0.3, -0.25) is 4.79 Å². The van der Waals surface area contributed by atoms with Crippen LogP contribution < -0.4 is 5.32 Å². The van der Waals surface area contributed by atoms with Crippen molar-refractivity contribution in [1.29, 1.82) is 0 Å². The zero-order chi connectivity index (χ0) is 14.5. The Morgan fingerprint density at radius 2 is 2.25 bits per heavy atom. The van der Waals surface area contributed by atoms with Gasteiger partial charge in [0.2, 0.25) is 5.82 Å². The number of H-pyrrole nitrogens is 1. The van der Waals surface area contributed by atoms with Crippen LogP contribution in [0.2, 0.25) is 0 Å². The predicted octanol–water partition coefficient (Wildman–Crippen LogP) is 0.756. The Morgan fingerprint density at radius 3 is 2.90 bits per heavy atom. The number of tetrazole rings is 1. The zero-order valence-electron chi connectivity index (χ0n) is 11.4. The number of benzene rings is 1. The minimum atomic E-state index is -0.448. The van der Waals surface area contributed by atoms with Gasteiger partial charge in [0.25, 0.3) is 5.91 Å². The topological polar surface area (TPSA) is 104 Å². The number of hydrogen-bond donors (Lipinski definition) is 3. The summed E-state index contributed by atoms with van der Waals surface area (Å²) in [7, 11) is 0. The molecule has 2 unspecified atom stereocenters. The van der Waals surface area contributed by atoms with E-state index in [0.717, 1.165) is 5.56 Å². The van der Waals surface area contributed by atoms with Crippen LogP contribution in [0.15, 0.2) is 24.3 Å². The van der Waals surface area contributed by atoms with E-state index in [4.69, 9.17) is 0 Å². The molecule has 20 heavy (non-hydrogen) atoms. The van der Waals surface area contributed by atoms with E-state index in [1.165, 1.54) is 0 Å². The Balaban J connectivity index is 2.09. The molecule has 106 valence electrons. The molecular formula is C13H17N5O2. The average molecular weight is 275 g/mol. The molecule has 0 fully saturated rings. The molecule has 1 aromatic carbocycles. The molecule has 0 saturated carbocycles. The van der Waals surface area contributed by atoms with Gasteiger partial charge >= 0.3 is 0 Å². The SMILES string of the molecule is CC(O)CC(C)NC(=O)c1cccc(-c2nn[nH]n2)c1. The zero-order valence-corrected chi connectivity index (χ0v) is 11.4. The lowest BCUT2D eigenvalue weighted by atomic mass is 10.1. The lowest BCUT2D eigenvalue weighted by Gasteiger charge is -2.15. The highest BCUT2D eigenvalue weighted by atomic mass is 16.3. The number of carbonyl (C=O) groups excluding carboxylic acids is 1. The van der Waals surface area contributed by atoms with E-state index in [-0.39, 0.29) is 11.9 Å². The fourth-order valence-corrected chi connectivity index (χ4v) is 1.96. The number of amides is 1. The van der Waals surface area contributed by atoms with Gasteiger partial charge in [-0.05, 0) is 37.6 Å². The summed E-state index contributed by atoms with van der Waals surface area (Å²) in [6.45, 7) is 3.55. The smallest absolute Gasteiger partial charge is 0.251 e. The molecule has 0 radical (unpaired) electrons. The Morgan fingerprint density at radius 1 is 1.45 bits per heavy atom.